The van der Waals surface area contributed by atoms with Crippen molar-refractivity contribution in [2.45, 2.75) is 0 Å². The van der Waals surface area contributed by atoms with Gasteiger partial charge in [0.05, 0.1) is 13.7 Å². The van der Waals surface area contributed by atoms with Gasteiger partial charge in [-0.25, -0.2) is 0 Å². The molecule has 6 heteroatoms. The Labute approximate surface area is 91.7 Å². The summed E-state index contributed by atoms with van der Waals surface area (Å²) >= 11 is 0. The first-order chi connectivity index (χ1) is 7.43. The maximum atomic E-state index is 12.1. The number of methoxy groups -OCH3 is 1. The molecule has 1 rings (SSSR count). The summed E-state index contributed by atoms with van der Waals surface area (Å²) in [5.74, 6) is 0.966. The monoisotopic (exact) mass is 231 g/mol. The van der Waals surface area contributed by atoms with Crippen LogP contribution in [0.1, 0.15) is 0 Å². The minimum Gasteiger partial charge on any atom is -0.497 e. The highest BCUT2D eigenvalue weighted by Crippen LogP contribution is 2.21. The third-order valence-electron chi connectivity index (χ3n) is 1.95. The van der Waals surface area contributed by atoms with Gasteiger partial charge in [-0.1, -0.05) is 0 Å². The summed E-state index contributed by atoms with van der Waals surface area (Å²) in [6.45, 7) is -2.64. The van der Waals surface area contributed by atoms with Gasteiger partial charge >= 0.3 is 6.98 Å². The number of halogens is 3. The van der Waals surface area contributed by atoms with Gasteiger partial charge in [-0.05, 0) is 24.3 Å². The second kappa shape index (κ2) is 4.96. The van der Waals surface area contributed by atoms with Gasteiger partial charge in [0.15, 0.2) is 0 Å². The lowest BCUT2D eigenvalue weighted by molar-refractivity contribution is 0.345. The molecule has 0 aromatic heterocycles. The maximum absolute atomic E-state index is 12.1. The molecular formula is C10H11BF3O2-. The predicted octanol–water partition coefficient (Wildman–Crippen LogP) is 3.02. The molecule has 88 valence electrons. The van der Waals surface area contributed by atoms with Gasteiger partial charge in [0.1, 0.15) is 11.5 Å². The number of hydrogen-bond donors (Lipinski definition) is 0. The second-order valence-corrected chi connectivity index (χ2v) is 3.20. The molecule has 1 aromatic rings. The quantitative estimate of drug-likeness (QED) is 0.725. The maximum Gasteiger partial charge on any atom is 0.508 e. The van der Waals surface area contributed by atoms with Crippen molar-refractivity contribution < 1.29 is 22.4 Å². The van der Waals surface area contributed by atoms with Crippen LogP contribution in [-0.2, 0) is 0 Å². The Hall–Kier alpha value is -1.59. The Morgan fingerprint density at radius 3 is 2.12 bits per heavy atom. The van der Waals surface area contributed by atoms with Crippen molar-refractivity contribution in [1.29, 1.82) is 0 Å². The minimum atomic E-state index is -5.03. The summed E-state index contributed by atoms with van der Waals surface area (Å²) in [4.78, 5) is 0. The number of benzene rings is 1. The molecule has 0 amide bonds. The summed E-state index contributed by atoms with van der Waals surface area (Å²) in [6.07, 6.45) is 0. The Bertz CT molecular complexity index is 359. The lowest BCUT2D eigenvalue weighted by Crippen LogP contribution is -2.23. The second-order valence-electron chi connectivity index (χ2n) is 3.20. The van der Waals surface area contributed by atoms with E-state index < -0.39 is 19.1 Å². The first-order valence-electron chi connectivity index (χ1n) is 4.58. The van der Waals surface area contributed by atoms with Crippen molar-refractivity contribution in [2.24, 2.45) is 0 Å². The topological polar surface area (TPSA) is 18.5 Å². The third-order valence-corrected chi connectivity index (χ3v) is 1.95. The zero-order valence-corrected chi connectivity index (χ0v) is 8.75. The zero-order chi connectivity index (χ0) is 12.2. The van der Waals surface area contributed by atoms with E-state index in [-0.39, 0.29) is 0 Å². The van der Waals surface area contributed by atoms with Crippen LogP contribution in [-0.4, -0.2) is 20.7 Å². The highest BCUT2D eigenvalue weighted by Gasteiger charge is 2.26. The van der Waals surface area contributed by atoms with Crippen LogP contribution in [0.3, 0.4) is 0 Å². The van der Waals surface area contributed by atoms with E-state index in [1.807, 2.05) is 0 Å². The summed E-state index contributed by atoms with van der Waals surface area (Å²) in [5, 5.41) is 0. The van der Waals surface area contributed by atoms with Crippen LogP contribution < -0.4 is 9.47 Å². The highest BCUT2D eigenvalue weighted by molar-refractivity contribution is 6.66. The van der Waals surface area contributed by atoms with Crippen molar-refractivity contribution in [2.75, 3.05) is 13.7 Å². The van der Waals surface area contributed by atoms with E-state index in [2.05, 4.69) is 6.58 Å². The molecule has 1 aromatic carbocycles. The molecule has 0 fully saturated rings. The Morgan fingerprint density at radius 2 is 1.69 bits per heavy atom. The molecule has 0 aliphatic heterocycles. The van der Waals surface area contributed by atoms with Gasteiger partial charge < -0.3 is 22.4 Å². The molecule has 0 saturated carbocycles. The fourth-order valence-corrected chi connectivity index (χ4v) is 0.942. The van der Waals surface area contributed by atoms with Gasteiger partial charge in [-0.3, -0.25) is 0 Å². The van der Waals surface area contributed by atoms with Gasteiger partial charge in [-0.15, -0.1) is 12.1 Å². The zero-order valence-electron chi connectivity index (χ0n) is 8.75. The van der Waals surface area contributed by atoms with Gasteiger partial charge in [0.2, 0.25) is 0 Å². The molecular weight excluding hydrogens is 220 g/mol. The van der Waals surface area contributed by atoms with Crippen LogP contribution in [0.4, 0.5) is 12.9 Å². The molecule has 0 aliphatic rings. The van der Waals surface area contributed by atoms with Crippen molar-refractivity contribution in [1.82, 2.24) is 0 Å². The van der Waals surface area contributed by atoms with E-state index in [9.17, 15) is 12.9 Å². The molecule has 0 atom stereocenters. The number of ether oxygens (including phenoxy) is 2. The van der Waals surface area contributed by atoms with E-state index in [0.717, 1.165) is 0 Å². The molecule has 0 unspecified atom stereocenters. The van der Waals surface area contributed by atoms with E-state index in [0.29, 0.717) is 11.5 Å². The van der Waals surface area contributed by atoms with Gasteiger partial charge in [-0.2, -0.15) is 0 Å². The number of rotatable bonds is 5. The smallest absolute Gasteiger partial charge is 0.497 e. The Morgan fingerprint density at radius 1 is 1.19 bits per heavy atom. The Kier molecular flexibility index (Phi) is 3.87. The molecule has 0 bridgehead atoms. The molecule has 0 saturated heterocycles. The molecule has 0 spiro atoms. The van der Waals surface area contributed by atoms with E-state index in [4.69, 9.17) is 9.47 Å². The third kappa shape index (κ3) is 3.53. The lowest BCUT2D eigenvalue weighted by Gasteiger charge is -2.18. The molecule has 16 heavy (non-hydrogen) atoms. The largest absolute Gasteiger partial charge is 0.508 e. The molecule has 2 nitrogen and oxygen atoms in total. The first-order valence-corrected chi connectivity index (χ1v) is 4.58. The van der Waals surface area contributed by atoms with Crippen molar-refractivity contribution in [3.8, 4) is 11.5 Å². The van der Waals surface area contributed by atoms with Crippen molar-refractivity contribution in [3.63, 3.8) is 0 Å². The van der Waals surface area contributed by atoms with E-state index >= 15 is 0 Å². The van der Waals surface area contributed by atoms with E-state index in [1.54, 1.807) is 12.1 Å². The summed E-state index contributed by atoms with van der Waals surface area (Å²) < 4.78 is 46.2. The van der Waals surface area contributed by atoms with Gasteiger partial charge in [0, 0.05) is 0 Å². The summed E-state index contributed by atoms with van der Waals surface area (Å²) in [6, 6.07) is 6.29. The van der Waals surface area contributed by atoms with Crippen LogP contribution in [0.15, 0.2) is 36.3 Å². The average Bonchev–Trinajstić information content (AvgIpc) is 2.25. The standard InChI is InChI=1S/C10H11BF3O2/c1-8(11(12,13)14)7-16-10-5-3-9(15-2)4-6-10/h3-6H,1,7H2,2H3/q-1. The fraction of sp³-hybridized carbons (Fsp3) is 0.200. The van der Waals surface area contributed by atoms with E-state index in [1.165, 1.54) is 19.2 Å². The normalized spacial score (nSPS) is 11.0. The summed E-state index contributed by atoms with van der Waals surface area (Å²) in [5.41, 5.74) is -0.851. The molecule has 0 heterocycles. The fourth-order valence-electron chi connectivity index (χ4n) is 0.942. The minimum absolute atomic E-state index is 0.349. The highest BCUT2D eigenvalue weighted by atomic mass is 19.4. The summed E-state index contributed by atoms with van der Waals surface area (Å²) in [7, 11) is 1.50. The van der Waals surface area contributed by atoms with Crippen molar-refractivity contribution >= 4 is 6.98 Å². The lowest BCUT2D eigenvalue weighted by atomic mass is 9.81. The van der Waals surface area contributed by atoms with Crippen molar-refractivity contribution in [3.05, 3.63) is 36.3 Å². The Balaban J connectivity index is 2.52. The molecule has 0 radical (unpaired) electrons. The van der Waals surface area contributed by atoms with Crippen LogP contribution in [0.25, 0.3) is 0 Å². The SMILES string of the molecule is C=C(COc1ccc(OC)cc1)[B-](F)(F)F. The van der Waals surface area contributed by atoms with Gasteiger partial charge in [0.25, 0.3) is 0 Å². The first kappa shape index (κ1) is 12.5. The van der Waals surface area contributed by atoms with Crippen LogP contribution in [0.5, 0.6) is 11.5 Å². The predicted molar refractivity (Wildman–Crippen MR) is 56.7 cm³/mol. The van der Waals surface area contributed by atoms with Crippen LogP contribution >= 0.6 is 0 Å². The molecule has 0 aliphatic carbocycles. The van der Waals surface area contributed by atoms with Crippen LogP contribution in [0.2, 0.25) is 0 Å². The number of hydrogen-bond acceptors (Lipinski definition) is 2. The molecule has 0 N–H and O–H groups in total. The average molecular weight is 231 g/mol. The van der Waals surface area contributed by atoms with Crippen LogP contribution in [0, 0.1) is 0 Å².